The maximum Gasteiger partial charge on any atom is 0.410 e. The van der Waals surface area contributed by atoms with E-state index in [1.807, 2.05) is 0 Å². The normalized spacial score (nSPS) is 16.0. The van der Waals surface area contributed by atoms with Gasteiger partial charge in [0.15, 0.2) is 0 Å². The molecule has 0 radical (unpaired) electrons. The summed E-state index contributed by atoms with van der Waals surface area (Å²) in [4.78, 5) is 27.6. The van der Waals surface area contributed by atoms with Crippen LogP contribution in [0.4, 0.5) is 4.79 Å². The van der Waals surface area contributed by atoms with Crippen LogP contribution in [0.1, 0.15) is 44.0 Å². The minimum absolute atomic E-state index is 0.00359. The average Bonchev–Trinajstić information content (AvgIpc) is 2.59. The van der Waals surface area contributed by atoms with Gasteiger partial charge in [0.1, 0.15) is 11.4 Å². The Morgan fingerprint density at radius 3 is 2.22 bits per heavy atom. The number of phenolic OH excluding ortho intramolecular Hbond substituents is 1. The first-order valence-electron chi connectivity index (χ1n) is 8.56. The van der Waals surface area contributed by atoms with Gasteiger partial charge in [0, 0.05) is 18.7 Å². The Hall–Kier alpha value is -2.33. The van der Waals surface area contributed by atoms with Crippen LogP contribution in [0.25, 0.3) is 0 Å². The van der Waals surface area contributed by atoms with E-state index in [1.165, 1.54) is 29.2 Å². The maximum atomic E-state index is 12.4. The third-order valence-corrected chi connectivity index (χ3v) is 5.70. The van der Waals surface area contributed by atoms with Gasteiger partial charge in [-0.1, -0.05) is 0 Å². The van der Waals surface area contributed by atoms with Crippen LogP contribution in [0, 0.1) is 0 Å². The molecule has 9 nitrogen and oxygen atoms in total. The molecule has 1 aliphatic rings. The number of hydrogen-bond acceptors (Lipinski definition) is 6. The van der Waals surface area contributed by atoms with Crippen molar-refractivity contribution in [1.29, 1.82) is 0 Å². The summed E-state index contributed by atoms with van der Waals surface area (Å²) < 4.78 is 30.0. The Balaban J connectivity index is 1.86. The van der Waals surface area contributed by atoms with Crippen LogP contribution in [-0.2, 0) is 14.8 Å². The SMILES string of the molecule is CC(C)(C)OC(=O)N1CCC(S(=O)(=O)NNC(=O)c2ccc(O)cc2)CC1. The third kappa shape index (κ3) is 6.10. The molecule has 1 saturated heterocycles. The summed E-state index contributed by atoms with van der Waals surface area (Å²) in [5.74, 6) is -0.631. The Labute approximate surface area is 158 Å². The molecule has 0 aliphatic carbocycles. The highest BCUT2D eigenvalue weighted by molar-refractivity contribution is 7.90. The van der Waals surface area contributed by atoms with E-state index in [0.717, 1.165) is 0 Å². The summed E-state index contributed by atoms with van der Waals surface area (Å²) in [7, 11) is -3.79. The Bertz CT molecular complexity index is 778. The molecule has 0 unspecified atom stereocenters. The number of aromatic hydroxyl groups is 1. The van der Waals surface area contributed by atoms with E-state index >= 15 is 0 Å². The first-order chi connectivity index (χ1) is 12.5. The number of hydrazine groups is 1. The van der Waals surface area contributed by atoms with Crippen molar-refractivity contribution in [3.63, 3.8) is 0 Å². The first kappa shape index (κ1) is 21.0. The highest BCUT2D eigenvalue weighted by atomic mass is 32.2. The largest absolute Gasteiger partial charge is 0.508 e. The first-order valence-corrected chi connectivity index (χ1v) is 10.1. The number of nitrogens with zero attached hydrogens (tertiary/aromatic N) is 1. The summed E-state index contributed by atoms with van der Waals surface area (Å²) in [5, 5.41) is 8.48. The van der Waals surface area contributed by atoms with Gasteiger partial charge in [-0.15, -0.1) is 4.83 Å². The van der Waals surface area contributed by atoms with E-state index in [9.17, 15) is 23.1 Å². The van der Waals surface area contributed by atoms with Gasteiger partial charge in [-0.25, -0.2) is 13.2 Å². The van der Waals surface area contributed by atoms with E-state index in [1.54, 1.807) is 20.8 Å². The van der Waals surface area contributed by atoms with Crippen LogP contribution in [0.2, 0.25) is 0 Å². The van der Waals surface area contributed by atoms with Gasteiger partial charge in [0.25, 0.3) is 5.91 Å². The van der Waals surface area contributed by atoms with Crippen LogP contribution in [0.15, 0.2) is 24.3 Å². The number of benzene rings is 1. The van der Waals surface area contributed by atoms with Crippen molar-refractivity contribution in [3.8, 4) is 5.75 Å². The number of nitrogens with one attached hydrogen (secondary N) is 2. The fraction of sp³-hybridized carbons (Fsp3) is 0.529. The minimum Gasteiger partial charge on any atom is -0.508 e. The predicted octanol–water partition coefficient (Wildman–Crippen LogP) is 1.36. The van der Waals surface area contributed by atoms with Crippen molar-refractivity contribution in [2.45, 2.75) is 44.5 Å². The van der Waals surface area contributed by atoms with Gasteiger partial charge in [-0.05, 0) is 57.9 Å². The molecular weight excluding hydrogens is 374 g/mol. The lowest BCUT2D eigenvalue weighted by Crippen LogP contribution is -2.50. The second-order valence-electron chi connectivity index (χ2n) is 7.31. The van der Waals surface area contributed by atoms with E-state index in [4.69, 9.17) is 4.74 Å². The van der Waals surface area contributed by atoms with Crippen molar-refractivity contribution in [1.82, 2.24) is 15.2 Å². The number of sulfonamides is 1. The Morgan fingerprint density at radius 1 is 1.15 bits per heavy atom. The summed E-state index contributed by atoms with van der Waals surface area (Å²) in [5.41, 5.74) is 1.75. The molecule has 1 aromatic carbocycles. The molecule has 0 atom stereocenters. The maximum absolute atomic E-state index is 12.4. The number of amides is 2. The second-order valence-corrected chi connectivity index (χ2v) is 9.28. The van der Waals surface area contributed by atoms with Gasteiger partial charge in [-0.3, -0.25) is 10.2 Å². The zero-order chi connectivity index (χ0) is 20.2. The smallest absolute Gasteiger partial charge is 0.410 e. The van der Waals surface area contributed by atoms with E-state index in [-0.39, 0.29) is 37.2 Å². The standard InChI is InChI=1S/C17H25N3O6S/c1-17(2,3)26-16(23)20-10-8-14(9-11-20)27(24,25)19-18-15(22)12-4-6-13(21)7-5-12/h4-7,14,19,21H,8-11H2,1-3H3,(H,18,22). The molecule has 0 saturated carbocycles. The predicted molar refractivity (Wildman–Crippen MR) is 98.5 cm³/mol. The van der Waals surface area contributed by atoms with Crippen LogP contribution < -0.4 is 10.3 Å². The summed E-state index contributed by atoms with van der Waals surface area (Å²) in [6.45, 7) is 5.81. The minimum atomic E-state index is -3.79. The van der Waals surface area contributed by atoms with E-state index in [0.29, 0.717) is 0 Å². The lowest BCUT2D eigenvalue weighted by atomic mass is 10.1. The Kier molecular flexibility index (Phi) is 6.32. The zero-order valence-electron chi connectivity index (χ0n) is 15.6. The molecule has 1 heterocycles. The number of phenols is 1. The fourth-order valence-electron chi connectivity index (χ4n) is 2.56. The molecule has 10 heteroatoms. The lowest BCUT2D eigenvalue weighted by molar-refractivity contribution is 0.0217. The van der Waals surface area contributed by atoms with Gasteiger partial charge in [-0.2, -0.15) is 0 Å². The molecule has 1 aliphatic heterocycles. The van der Waals surface area contributed by atoms with Crippen LogP contribution in [-0.4, -0.2) is 54.4 Å². The highest BCUT2D eigenvalue weighted by Gasteiger charge is 2.33. The topological polar surface area (TPSA) is 125 Å². The molecular formula is C17H25N3O6S. The van der Waals surface area contributed by atoms with Crippen LogP contribution >= 0.6 is 0 Å². The molecule has 150 valence electrons. The van der Waals surface area contributed by atoms with Crippen molar-refractivity contribution in [3.05, 3.63) is 29.8 Å². The van der Waals surface area contributed by atoms with Gasteiger partial charge < -0.3 is 14.7 Å². The van der Waals surface area contributed by atoms with Crippen LogP contribution in [0.5, 0.6) is 5.75 Å². The molecule has 3 N–H and O–H groups in total. The molecule has 0 spiro atoms. The van der Waals surface area contributed by atoms with Crippen molar-refractivity contribution in [2.24, 2.45) is 0 Å². The summed E-state index contributed by atoms with van der Waals surface area (Å²) in [6, 6.07) is 5.40. The number of carbonyl (C=O) groups is 2. The second kappa shape index (κ2) is 8.13. The quantitative estimate of drug-likeness (QED) is 0.657. The molecule has 0 aromatic heterocycles. The van der Waals surface area contributed by atoms with Gasteiger partial charge in [0.05, 0.1) is 5.25 Å². The zero-order valence-corrected chi connectivity index (χ0v) is 16.4. The average molecular weight is 399 g/mol. The number of likely N-dealkylation sites (tertiary alicyclic amines) is 1. The summed E-state index contributed by atoms with van der Waals surface area (Å²) in [6.07, 6.45) is 0.0137. The number of hydrogen-bond donors (Lipinski definition) is 3. The Morgan fingerprint density at radius 2 is 1.70 bits per heavy atom. The fourth-order valence-corrected chi connectivity index (χ4v) is 3.79. The van der Waals surface area contributed by atoms with Crippen molar-refractivity contribution >= 4 is 22.0 Å². The van der Waals surface area contributed by atoms with Crippen molar-refractivity contribution < 1.29 is 27.9 Å². The monoisotopic (exact) mass is 399 g/mol. The molecule has 1 fully saturated rings. The molecule has 1 aromatic rings. The molecule has 0 bridgehead atoms. The third-order valence-electron chi connectivity index (χ3n) is 3.97. The van der Waals surface area contributed by atoms with E-state index in [2.05, 4.69) is 10.3 Å². The summed E-state index contributed by atoms with van der Waals surface area (Å²) >= 11 is 0. The molecule has 27 heavy (non-hydrogen) atoms. The van der Waals surface area contributed by atoms with Crippen molar-refractivity contribution in [2.75, 3.05) is 13.1 Å². The molecule has 2 rings (SSSR count). The number of ether oxygens (including phenoxy) is 1. The molecule has 2 amide bonds. The van der Waals surface area contributed by atoms with Gasteiger partial charge >= 0.3 is 6.09 Å². The lowest BCUT2D eigenvalue weighted by Gasteiger charge is -2.33. The van der Waals surface area contributed by atoms with E-state index < -0.39 is 32.9 Å². The number of piperidine rings is 1. The highest BCUT2D eigenvalue weighted by Crippen LogP contribution is 2.19. The number of rotatable bonds is 4. The number of carbonyl (C=O) groups excluding carboxylic acids is 2. The van der Waals surface area contributed by atoms with Crippen LogP contribution in [0.3, 0.4) is 0 Å². The van der Waals surface area contributed by atoms with Gasteiger partial charge in [0.2, 0.25) is 10.0 Å².